The molecule has 2 N–H and O–H groups in total. The second-order valence-electron chi connectivity index (χ2n) is 9.71. The quantitative estimate of drug-likeness (QED) is 0.482. The number of nitrogens with one attached hydrogen (secondary N) is 2. The van der Waals surface area contributed by atoms with Gasteiger partial charge >= 0.3 is 6.03 Å². The number of hydrogen-bond donors (Lipinski definition) is 2. The largest absolute Gasteiger partial charge is 0.497 e. The van der Waals surface area contributed by atoms with Crippen molar-refractivity contribution >= 4 is 11.9 Å². The van der Waals surface area contributed by atoms with E-state index in [0.717, 1.165) is 40.8 Å². The van der Waals surface area contributed by atoms with Gasteiger partial charge in [0.25, 0.3) is 0 Å². The number of carbonyl (C=O) groups excluding carboxylic acids is 2. The van der Waals surface area contributed by atoms with Crippen molar-refractivity contribution < 1.29 is 18.8 Å². The number of rotatable bonds is 8. The Hall–Kier alpha value is -3.88. The van der Waals surface area contributed by atoms with Gasteiger partial charge in [-0.2, -0.15) is 4.98 Å². The third-order valence-corrected chi connectivity index (χ3v) is 7.14. The number of ether oxygens (including phenoxy) is 1. The third kappa shape index (κ3) is 5.30. The summed E-state index contributed by atoms with van der Waals surface area (Å²) >= 11 is 0. The van der Waals surface area contributed by atoms with Crippen LogP contribution in [-0.2, 0) is 24.3 Å². The van der Waals surface area contributed by atoms with Crippen LogP contribution in [0.2, 0.25) is 0 Å². The predicted molar refractivity (Wildman–Crippen MR) is 138 cm³/mol. The summed E-state index contributed by atoms with van der Waals surface area (Å²) in [7, 11) is 1.66. The summed E-state index contributed by atoms with van der Waals surface area (Å²) in [6, 6.07) is 12.1. The highest BCUT2D eigenvalue weighted by Crippen LogP contribution is 2.46. The molecule has 0 radical (unpaired) electrons. The highest BCUT2D eigenvalue weighted by molar-refractivity contribution is 5.82. The topological polar surface area (TPSA) is 110 Å². The van der Waals surface area contributed by atoms with Gasteiger partial charge in [0, 0.05) is 26.2 Å². The van der Waals surface area contributed by atoms with Gasteiger partial charge < -0.3 is 24.8 Å². The first-order chi connectivity index (χ1) is 18.0. The number of nitrogens with zero attached hydrogens (tertiary/aromatic N) is 3. The van der Waals surface area contributed by atoms with E-state index < -0.39 is 0 Å². The van der Waals surface area contributed by atoms with Crippen molar-refractivity contribution in [3.05, 3.63) is 64.8 Å². The van der Waals surface area contributed by atoms with Gasteiger partial charge in [0.1, 0.15) is 5.75 Å². The van der Waals surface area contributed by atoms with Crippen LogP contribution in [0.15, 0.2) is 40.9 Å². The van der Waals surface area contributed by atoms with Crippen LogP contribution in [0.5, 0.6) is 5.75 Å². The third-order valence-electron chi connectivity index (χ3n) is 7.14. The molecule has 2 atom stereocenters. The maximum atomic E-state index is 12.9. The molecule has 0 unspecified atom stereocenters. The molecule has 0 bridgehead atoms. The average Bonchev–Trinajstić information content (AvgIpc) is 3.62. The zero-order chi connectivity index (χ0) is 25.9. The van der Waals surface area contributed by atoms with E-state index >= 15 is 0 Å². The van der Waals surface area contributed by atoms with Crippen molar-refractivity contribution in [2.75, 3.05) is 20.2 Å². The van der Waals surface area contributed by atoms with Gasteiger partial charge in [0.05, 0.1) is 18.9 Å². The molecule has 1 aliphatic heterocycles. The molecule has 3 amide bonds. The summed E-state index contributed by atoms with van der Waals surface area (Å²) in [6.07, 6.45) is 2.34. The highest BCUT2D eigenvalue weighted by Gasteiger charge is 2.47. The Morgan fingerprint density at radius 1 is 1.19 bits per heavy atom. The van der Waals surface area contributed by atoms with Crippen LogP contribution in [0.4, 0.5) is 4.79 Å². The van der Waals surface area contributed by atoms with E-state index in [4.69, 9.17) is 9.26 Å². The van der Waals surface area contributed by atoms with Crippen LogP contribution < -0.4 is 15.4 Å². The second kappa shape index (κ2) is 10.6. The number of aromatic nitrogens is 2. The molecule has 2 aliphatic rings. The summed E-state index contributed by atoms with van der Waals surface area (Å²) < 4.78 is 10.7. The van der Waals surface area contributed by atoms with E-state index in [2.05, 4.69) is 39.0 Å². The standard InChI is InChI=1S/C28H33N5O4/c1-4-11-29-28(35)33-12-10-22-21(18-6-5-7-20(13-18)36-3)9-8-19(25(22)16-33)15-30-26(34)23-14-24(23)27-31-17(2)32-37-27/h5-9,13,23-24H,4,10-12,14-16H2,1-3H3,(H,29,35)(H,30,34)/t23-,24-/m0/s1. The Morgan fingerprint density at radius 3 is 2.81 bits per heavy atom. The lowest BCUT2D eigenvalue weighted by Gasteiger charge is -2.32. The van der Waals surface area contributed by atoms with E-state index in [0.29, 0.717) is 44.3 Å². The monoisotopic (exact) mass is 503 g/mol. The van der Waals surface area contributed by atoms with Gasteiger partial charge in [-0.05, 0) is 66.1 Å². The maximum Gasteiger partial charge on any atom is 0.317 e. The molecule has 1 aliphatic carbocycles. The maximum absolute atomic E-state index is 12.9. The lowest BCUT2D eigenvalue weighted by Crippen LogP contribution is -2.43. The van der Waals surface area contributed by atoms with Crippen molar-refractivity contribution in [2.24, 2.45) is 5.92 Å². The van der Waals surface area contributed by atoms with E-state index in [1.54, 1.807) is 14.0 Å². The fourth-order valence-electron chi connectivity index (χ4n) is 5.02. The summed E-state index contributed by atoms with van der Waals surface area (Å²) in [5.74, 6) is 1.74. The van der Waals surface area contributed by atoms with Crippen molar-refractivity contribution in [3.8, 4) is 16.9 Å². The summed E-state index contributed by atoms with van der Waals surface area (Å²) in [6.45, 7) is 6.00. The molecule has 9 heteroatoms. The van der Waals surface area contributed by atoms with Gasteiger partial charge in [-0.15, -0.1) is 0 Å². The first kappa shape index (κ1) is 24.8. The van der Waals surface area contributed by atoms with Crippen LogP contribution in [0.1, 0.15) is 54.1 Å². The Bertz CT molecular complexity index is 1300. The molecule has 1 aromatic heterocycles. The number of carbonyl (C=O) groups is 2. The van der Waals surface area contributed by atoms with E-state index in [1.807, 2.05) is 30.0 Å². The van der Waals surface area contributed by atoms with Gasteiger partial charge in [-0.1, -0.05) is 36.3 Å². The number of aryl methyl sites for hydroxylation is 1. The van der Waals surface area contributed by atoms with Gasteiger partial charge in [0.15, 0.2) is 5.82 Å². The Morgan fingerprint density at radius 2 is 2.05 bits per heavy atom. The van der Waals surface area contributed by atoms with Crippen molar-refractivity contribution in [2.45, 2.75) is 52.1 Å². The number of fused-ring (bicyclic) bond motifs is 1. The minimum absolute atomic E-state index is 0.0108. The first-order valence-corrected chi connectivity index (χ1v) is 12.9. The molecule has 194 valence electrons. The van der Waals surface area contributed by atoms with E-state index in [1.165, 1.54) is 5.56 Å². The SMILES string of the molecule is CCCNC(=O)N1CCc2c(-c3cccc(OC)c3)ccc(CNC(=O)[C@H]3C[C@@H]3c3nc(C)no3)c2C1. The molecule has 2 heterocycles. The number of methoxy groups -OCH3 is 1. The van der Waals surface area contributed by atoms with Crippen LogP contribution in [-0.4, -0.2) is 47.2 Å². The fraction of sp³-hybridized carbons (Fsp3) is 0.429. The minimum Gasteiger partial charge on any atom is -0.497 e. The van der Waals surface area contributed by atoms with Crippen LogP contribution in [0.25, 0.3) is 11.1 Å². The summed E-state index contributed by atoms with van der Waals surface area (Å²) in [4.78, 5) is 31.8. The number of hydrogen-bond acceptors (Lipinski definition) is 6. The van der Waals surface area contributed by atoms with Gasteiger partial charge in [-0.25, -0.2) is 4.79 Å². The zero-order valence-electron chi connectivity index (χ0n) is 21.5. The van der Waals surface area contributed by atoms with Gasteiger partial charge in [-0.3, -0.25) is 4.79 Å². The summed E-state index contributed by atoms with van der Waals surface area (Å²) in [5, 5.41) is 9.93. The highest BCUT2D eigenvalue weighted by atomic mass is 16.5. The molecular weight excluding hydrogens is 470 g/mol. The lowest BCUT2D eigenvalue weighted by atomic mass is 9.87. The molecule has 3 aromatic rings. The Labute approximate surface area is 216 Å². The molecule has 37 heavy (non-hydrogen) atoms. The predicted octanol–water partition coefficient (Wildman–Crippen LogP) is 3.95. The van der Waals surface area contributed by atoms with Crippen molar-refractivity contribution in [3.63, 3.8) is 0 Å². The molecule has 2 aromatic carbocycles. The minimum atomic E-state index is -0.150. The molecule has 5 rings (SSSR count). The van der Waals surface area contributed by atoms with Crippen LogP contribution >= 0.6 is 0 Å². The summed E-state index contributed by atoms with van der Waals surface area (Å²) in [5.41, 5.74) is 5.54. The first-order valence-electron chi connectivity index (χ1n) is 12.9. The molecule has 1 saturated carbocycles. The Balaban J connectivity index is 1.37. The zero-order valence-corrected chi connectivity index (χ0v) is 21.5. The smallest absolute Gasteiger partial charge is 0.317 e. The van der Waals surface area contributed by atoms with Crippen LogP contribution in [0.3, 0.4) is 0 Å². The van der Waals surface area contributed by atoms with Crippen molar-refractivity contribution in [1.82, 2.24) is 25.7 Å². The molecule has 0 saturated heterocycles. The molecule has 1 fully saturated rings. The lowest BCUT2D eigenvalue weighted by molar-refractivity contribution is -0.122. The number of amides is 3. The van der Waals surface area contributed by atoms with E-state index in [9.17, 15) is 9.59 Å². The average molecular weight is 504 g/mol. The number of benzene rings is 2. The van der Waals surface area contributed by atoms with Crippen LogP contribution in [0, 0.1) is 12.8 Å². The van der Waals surface area contributed by atoms with Gasteiger partial charge in [0.2, 0.25) is 11.8 Å². The normalized spacial score (nSPS) is 18.2. The molecule has 9 nitrogen and oxygen atoms in total. The van der Waals surface area contributed by atoms with E-state index in [-0.39, 0.29) is 23.8 Å². The second-order valence-corrected chi connectivity index (χ2v) is 9.71. The fourth-order valence-corrected chi connectivity index (χ4v) is 5.02. The number of urea groups is 1. The Kier molecular flexibility index (Phi) is 7.12. The molecule has 0 spiro atoms. The van der Waals surface area contributed by atoms with Crippen molar-refractivity contribution in [1.29, 1.82) is 0 Å². The molecular formula is C28H33N5O4.